The van der Waals surface area contributed by atoms with Crippen LogP contribution in [0.2, 0.25) is 10.0 Å². The van der Waals surface area contributed by atoms with Crippen LogP contribution in [0.4, 0.5) is 5.69 Å². The van der Waals surface area contributed by atoms with Gasteiger partial charge in [0.25, 0.3) is 0 Å². The molecule has 1 unspecified atom stereocenters. The monoisotopic (exact) mass is 349 g/mol. The third-order valence-corrected chi connectivity index (χ3v) is 3.40. The number of aliphatic hydroxyl groups is 1. The van der Waals surface area contributed by atoms with Crippen LogP contribution in [0.25, 0.3) is 0 Å². The highest BCUT2D eigenvalue weighted by molar-refractivity contribution is 9.10. The largest absolute Gasteiger partial charge is 0.467 e. The quantitative estimate of drug-likeness (QED) is 0.853. The third kappa shape index (κ3) is 3.20. The van der Waals surface area contributed by atoms with Crippen LogP contribution in [-0.2, 0) is 0 Å². The predicted molar refractivity (Wildman–Crippen MR) is 76.3 cm³/mol. The fraction of sp³-hybridized carbons (Fsp3) is 0.167. The third-order valence-electron chi connectivity index (χ3n) is 2.35. The maximum absolute atomic E-state index is 9.86. The number of hydrogen-bond acceptors (Lipinski definition) is 3. The van der Waals surface area contributed by atoms with Crippen LogP contribution >= 0.6 is 39.1 Å². The molecule has 96 valence electrons. The van der Waals surface area contributed by atoms with Crippen molar-refractivity contribution in [3.05, 3.63) is 50.8 Å². The highest BCUT2D eigenvalue weighted by atomic mass is 79.9. The zero-order valence-electron chi connectivity index (χ0n) is 9.16. The van der Waals surface area contributed by atoms with E-state index in [4.69, 9.17) is 27.6 Å². The molecule has 0 bridgehead atoms. The van der Waals surface area contributed by atoms with Gasteiger partial charge in [-0.05, 0) is 24.3 Å². The second-order valence-electron chi connectivity index (χ2n) is 3.66. The molecule has 1 atom stereocenters. The Morgan fingerprint density at radius 3 is 2.56 bits per heavy atom. The van der Waals surface area contributed by atoms with E-state index in [2.05, 4.69) is 21.2 Å². The summed E-state index contributed by atoms with van der Waals surface area (Å²) in [6, 6.07) is 6.89. The average Bonchev–Trinajstić information content (AvgIpc) is 2.80. The number of anilines is 1. The van der Waals surface area contributed by atoms with E-state index >= 15 is 0 Å². The van der Waals surface area contributed by atoms with Crippen molar-refractivity contribution in [2.45, 2.75) is 6.10 Å². The van der Waals surface area contributed by atoms with Gasteiger partial charge in [0.1, 0.15) is 11.9 Å². The van der Waals surface area contributed by atoms with E-state index in [0.717, 1.165) is 4.47 Å². The minimum atomic E-state index is -0.754. The molecule has 0 saturated carbocycles. The van der Waals surface area contributed by atoms with Crippen molar-refractivity contribution in [1.29, 1.82) is 0 Å². The molecule has 0 aliphatic carbocycles. The Bertz CT molecular complexity index is 508. The summed E-state index contributed by atoms with van der Waals surface area (Å²) < 4.78 is 5.90. The Labute approximate surface area is 123 Å². The summed E-state index contributed by atoms with van der Waals surface area (Å²) in [5.74, 6) is 0.492. The summed E-state index contributed by atoms with van der Waals surface area (Å²) in [7, 11) is 0. The van der Waals surface area contributed by atoms with Crippen molar-refractivity contribution in [2.75, 3.05) is 11.9 Å². The molecule has 0 aliphatic heterocycles. The number of aliphatic hydroxyl groups excluding tert-OH is 1. The Kier molecular flexibility index (Phi) is 4.56. The lowest BCUT2D eigenvalue weighted by atomic mass is 10.2. The molecular weight excluding hydrogens is 341 g/mol. The minimum Gasteiger partial charge on any atom is -0.467 e. The zero-order chi connectivity index (χ0) is 13.1. The Morgan fingerprint density at radius 1 is 1.33 bits per heavy atom. The number of halogens is 3. The van der Waals surface area contributed by atoms with Crippen LogP contribution in [0.5, 0.6) is 0 Å². The summed E-state index contributed by atoms with van der Waals surface area (Å²) in [5.41, 5.74) is 0.590. The summed E-state index contributed by atoms with van der Waals surface area (Å²) in [5, 5.41) is 13.8. The first kappa shape index (κ1) is 13.7. The normalized spacial score (nSPS) is 12.4. The number of hydrogen-bond donors (Lipinski definition) is 2. The average molecular weight is 351 g/mol. The molecule has 0 saturated heterocycles. The first-order valence-corrected chi connectivity index (χ1v) is 6.72. The smallest absolute Gasteiger partial charge is 0.134 e. The lowest BCUT2D eigenvalue weighted by Crippen LogP contribution is -2.12. The van der Waals surface area contributed by atoms with E-state index in [0.29, 0.717) is 21.5 Å². The second kappa shape index (κ2) is 5.97. The molecule has 1 aromatic carbocycles. The van der Waals surface area contributed by atoms with Crippen LogP contribution in [-0.4, -0.2) is 11.7 Å². The second-order valence-corrected chi connectivity index (χ2v) is 5.39. The minimum absolute atomic E-state index is 0.259. The van der Waals surface area contributed by atoms with Crippen molar-refractivity contribution in [3.8, 4) is 0 Å². The van der Waals surface area contributed by atoms with Crippen LogP contribution in [0.1, 0.15) is 11.9 Å². The maximum atomic E-state index is 9.86. The summed E-state index contributed by atoms with van der Waals surface area (Å²) in [4.78, 5) is 0. The van der Waals surface area contributed by atoms with Gasteiger partial charge in [0, 0.05) is 11.0 Å². The molecule has 1 heterocycles. The molecule has 3 nitrogen and oxygen atoms in total. The zero-order valence-corrected chi connectivity index (χ0v) is 12.3. The molecule has 2 N–H and O–H groups in total. The fourth-order valence-electron chi connectivity index (χ4n) is 1.49. The van der Waals surface area contributed by atoms with Gasteiger partial charge in [-0.3, -0.25) is 0 Å². The Hall–Kier alpha value is -0.680. The highest BCUT2D eigenvalue weighted by Gasteiger charge is 2.13. The molecule has 0 aliphatic rings. The van der Waals surface area contributed by atoms with Crippen molar-refractivity contribution in [3.63, 3.8) is 0 Å². The lowest BCUT2D eigenvalue weighted by molar-refractivity contribution is 0.162. The van der Waals surface area contributed by atoms with Gasteiger partial charge in [0.05, 0.1) is 22.0 Å². The van der Waals surface area contributed by atoms with Gasteiger partial charge in [-0.15, -0.1) is 0 Å². The molecular formula is C12H10BrCl2NO2. The van der Waals surface area contributed by atoms with Gasteiger partial charge in [-0.25, -0.2) is 0 Å². The molecule has 0 radical (unpaired) electrons. The topological polar surface area (TPSA) is 45.4 Å². The molecule has 1 aromatic heterocycles. The van der Waals surface area contributed by atoms with E-state index in [1.54, 1.807) is 24.3 Å². The van der Waals surface area contributed by atoms with Crippen LogP contribution in [0.3, 0.4) is 0 Å². The Balaban J connectivity index is 2.07. The standard InChI is InChI=1S/C12H10BrCl2NO2/c13-7-4-8(14)12(9(15)5-7)16-6-10(17)11-2-1-3-18-11/h1-5,10,16-17H,6H2. The summed E-state index contributed by atoms with van der Waals surface area (Å²) in [6.45, 7) is 0.259. The van der Waals surface area contributed by atoms with E-state index in [1.807, 2.05) is 0 Å². The highest BCUT2D eigenvalue weighted by Crippen LogP contribution is 2.34. The van der Waals surface area contributed by atoms with Gasteiger partial charge in [0.2, 0.25) is 0 Å². The number of nitrogens with one attached hydrogen (secondary N) is 1. The first-order valence-electron chi connectivity index (χ1n) is 5.18. The van der Waals surface area contributed by atoms with Crippen LogP contribution in [0.15, 0.2) is 39.4 Å². The Morgan fingerprint density at radius 2 is 2.00 bits per heavy atom. The van der Waals surface area contributed by atoms with Gasteiger partial charge in [0.15, 0.2) is 0 Å². The molecule has 0 amide bonds. The summed E-state index contributed by atoms with van der Waals surface area (Å²) in [6.07, 6.45) is 0.758. The van der Waals surface area contributed by atoms with E-state index in [-0.39, 0.29) is 6.54 Å². The number of benzene rings is 1. The molecule has 0 spiro atoms. The number of furan rings is 1. The number of rotatable bonds is 4. The van der Waals surface area contributed by atoms with Gasteiger partial charge in [-0.2, -0.15) is 0 Å². The van der Waals surface area contributed by atoms with E-state index in [1.165, 1.54) is 6.26 Å². The summed E-state index contributed by atoms with van der Waals surface area (Å²) >= 11 is 15.4. The van der Waals surface area contributed by atoms with Crippen molar-refractivity contribution >= 4 is 44.8 Å². The van der Waals surface area contributed by atoms with Crippen molar-refractivity contribution < 1.29 is 9.52 Å². The maximum Gasteiger partial charge on any atom is 0.134 e. The predicted octanol–water partition coefficient (Wildman–Crippen LogP) is 4.49. The molecule has 2 aromatic rings. The molecule has 0 fully saturated rings. The van der Waals surface area contributed by atoms with Crippen LogP contribution in [0, 0.1) is 0 Å². The van der Waals surface area contributed by atoms with E-state index < -0.39 is 6.10 Å². The lowest BCUT2D eigenvalue weighted by Gasteiger charge is -2.13. The molecule has 18 heavy (non-hydrogen) atoms. The van der Waals surface area contributed by atoms with Gasteiger partial charge >= 0.3 is 0 Å². The fourth-order valence-corrected chi connectivity index (χ4v) is 2.83. The SMILES string of the molecule is OC(CNc1c(Cl)cc(Br)cc1Cl)c1ccco1. The van der Waals surface area contributed by atoms with Gasteiger partial charge in [-0.1, -0.05) is 39.1 Å². The van der Waals surface area contributed by atoms with Crippen LogP contribution < -0.4 is 5.32 Å². The van der Waals surface area contributed by atoms with E-state index in [9.17, 15) is 5.11 Å². The van der Waals surface area contributed by atoms with Gasteiger partial charge < -0.3 is 14.8 Å². The first-order chi connectivity index (χ1) is 8.58. The molecule has 6 heteroatoms. The van der Waals surface area contributed by atoms with Crippen molar-refractivity contribution in [2.24, 2.45) is 0 Å². The molecule has 2 rings (SSSR count). The van der Waals surface area contributed by atoms with Crippen molar-refractivity contribution in [1.82, 2.24) is 0 Å².